The molecule has 0 aliphatic carbocycles. The number of rotatable bonds is 1. The number of hydrogen-bond acceptors (Lipinski definition) is 4. The maximum absolute atomic E-state index is 5.72. The number of aromatic nitrogens is 1. The summed E-state index contributed by atoms with van der Waals surface area (Å²) in [7, 11) is 0. The summed E-state index contributed by atoms with van der Waals surface area (Å²) in [5, 5.41) is 3.48. The lowest BCUT2D eigenvalue weighted by molar-refractivity contribution is 0.580. The van der Waals surface area contributed by atoms with E-state index in [4.69, 9.17) is 5.73 Å². The first kappa shape index (κ1) is 8.05. The molecule has 74 valence electrons. The molecule has 3 heterocycles. The van der Waals surface area contributed by atoms with E-state index in [9.17, 15) is 0 Å². The standard InChI is InChI=1S/C10H14N4/c11-7-1-9(4-12-3-7)14-6-8-2-10(14)5-13-8/h1,3-4,8,10,13H,2,5-6,11H2/t8-,10-/m1/s1. The molecule has 2 bridgehead atoms. The van der Waals surface area contributed by atoms with Gasteiger partial charge in [0.25, 0.3) is 0 Å². The predicted octanol–water partition coefficient (Wildman–Crippen LogP) is 0.214. The van der Waals surface area contributed by atoms with Crippen molar-refractivity contribution in [1.29, 1.82) is 0 Å². The summed E-state index contributed by atoms with van der Waals surface area (Å²) in [4.78, 5) is 6.53. The Morgan fingerprint density at radius 3 is 3.07 bits per heavy atom. The van der Waals surface area contributed by atoms with Gasteiger partial charge in [0.1, 0.15) is 0 Å². The van der Waals surface area contributed by atoms with Crippen molar-refractivity contribution in [3.8, 4) is 0 Å². The topological polar surface area (TPSA) is 54.2 Å². The van der Waals surface area contributed by atoms with Gasteiger partial charge in [-0.3, -0.25) is 4.98 Å². The maximum Gasteiger partial charge on any atom is 0.0576 e. The van der Waals surface area contributed by atoms with E-state index < -0.39 is 0 Å². The van der Waals surface area contributed by atoms with Crippen LogP contribution in [0, 0.1) is 0 Å². The molecule has 0 spiro atoms. The van der Waals surface area contributed by atoms with Gasteiger partial charge in [0.05, 0.1) is 17.6 Å². The molecule has 4 nitrogen and oxygen atoms in total. The van der Waals surface area contributed by atoms with Crippen molar-refractivity contribution >= 4 is 11.4 Å². The predicted molar refractivity (Wildman–Crippen MR) is 56.2 cm³/mol. The molecule has 14 heavy (non-hydrogen) atoms. The fourth-order valence-corrected chi connectivity index (χ4v) is 2.48. The van der Waals surface area contributed by atoms with Gasteiger partial charge in [-0.1, -0.05) is 0 Å². The van der Waals surface area contributed by atoms with E-state index in [1.165, 1.54) is 12.1 Å². The fraction of sp³-hybridized carbons (Fsp3) is 0.500. The summed E-state index contributed by atoms with van der Waals surface area (Å²) in [5.41, 5.74) is 7.63. The highest BCUT2D eigenvalue weighted by molar-refractivity contribution is 5.55. The highest BCUT2D eigenvalue weighted by atomic mass is 15.3. The third-order valence-corrected chi connectivity index (χ3v) is 3.13. The molecule has 0 unspecified atom stereocenters. The van der Waals surface area contributed by atoms with Gasteiger partial charge in [0.15, 0.2) is 0 Å². The quantitative estimate of drug-likeness (QED) is 0.665. The minimum atomic E-state index is 0.642. The smallest absolute Gasteiger partial charge is 0.0576 e. The zero-order chi connectivity index (χ0) is 9.54. The summed E-state index contributed by atoms with van der Waals surface area (Å²) in [6.07, 6.45) is 4.85. The third kappa shape index (κ3) is 1.14. The minimum Gasteiger partial charge on any atom is -0.397 e. The summed E-state index contributed by atoms with van der Waals surface area (Å²) >= 11 is 0. The Hall–Kier alpha value is -1.29. The Balaban J connectivity index is 1.89. The van der Waals surface area contributed by atoms with Crippen LogP contribution < -0.4 is 16.0 Å². The van der Waals surface area contributed by atoms with E-state index in [-0.39, 0.29) is 0 Å². The highest BCUT2D eigenvalue weighted by Gasteiger charge is 2.37. The molecule has 2 aliphatic heterocycles. The summed E-state index contributed by atoms with van der Waals surface area (Å²) in [5.74, 6) is 0. The van der Waals surface area contributed by atoms with Crippen molar-refractivity contribution in [3.05, 3.63) is 18.5 Å². The summed E-state index contributed by atoms with van der Waals surface area (Å²) < 4.78 is 0. The van der Waals surface area contributed by atoms with E-state index in [0.717, 1.165) is 18.8 Å². The van der Waals surface area contributed by atoms with Crippen LogP contribution in [0.5, 0.6) is 0 Å². The van der Waals surface area contributed by atoms with E-state index >= 15 is 0 Å². The number of nitrogen functional groups attached to an aromatic ring is 1. The van der Waals surface area contributed by atoms with Crippen molar-refractivity contribution in [3.63, 3.8) is 0 Å². The number of hydrogen-bond donors (Lipinski definition) is 2. The van der Waals surface area contributed by atoms with Crippen LogP contribution in [0.3, 0.4) is 0 Å². The molecular formula is C10H14N4. The molecule has 1 aromatic rings. The second-order valence-electron chi connectivity index (χ2n) is 4.12. The number of piperazine rings is 1. The monoisotopic (exact) mass is 190 g/mol. The van der Waals surface area contributed by atoms with Gasteiger partial charge < -0.3 is 16.0 Å². The van der Waals surface area contributed by atoms with Crippen molar-refractivity contribution < 1.29 is 0 Å². The Kier molecular flexibility index (Phi) is 1.64. The van der Waals surface area contributed by atoms with Gasteiger partial charge in [-0.05, 0) is 12.5 Å². The molecular weight excluding hydrogens is 176 g/mol. The lowest BCUT2D eigenvalue weighted by atomic mass is 10.2. The van der Waals surface area contributed by atoms with Gasteiger partial charge >= 0.3 is 0 Å². The summed E-state index contributed by atoms with van der Waals surface area (Å²) in [6, 6.07) is 3.32. The van der Waals surface area contributed by atoms with E-state index in [0.29, 0.717) is 12.1 Å². The van der Waals surface area contributed by atoms with Gasteiger partial charge in [0, 0.05) is 31.4 Å². The number of pyridine rings is 1. The maximum atomic E-state index is 5.72. The molecule has 2 saturated heterocycles. The lowest BCUT2D eigenvalue weighted by Gasteiger charge is -2.29. The van der Waals surface area contributed by atoms with Crippen molar-refractivity contribution in [2.24, 2.45) is 0 Å². The van der Waals surface area contributed by atoms with Gasteiger partial charge in [0.2, 0.25) is 0 Å². The van der Waals surface area contributed by atoms with Crippen LogP contribution >= 0.6 is 0 Å². The molecule has 0 radical (unpaired) electrons. The van der Waals surface area contributed by atoms with Crippen molar-refractivity contribution in [2.75, 3.05) is 23.7 Å². The zero-order valence-electron chi connectivity index (χ0n) is 7.98. The van der Waals surface area contributed by atoms with Gasteiger partial charge in [-0.15, -0.1) is 0 Å². The number of nitrogens with zero attached hydrogens (tertiary/aromatic N) is 2. The van der Waals surface area contributed by atoms with Crippen molar-refractivity contribution in [1.82, 2.24) is 10.3 Å². The SMILES string of the molecule is Nc1cncc(N2C[C@H]3C[C@@H]2CN3)c1. The van der Waals surface area contributed by atoms with E-state index in [2.05, 4.69) is 15.2 Å². The molecule has 4 heteroatoms. The fourth-order valence-electron chi connectivity index (χ4n) is 2.48. The summed E-state index contributed by atoms with van der Waals surface area (Å²) in [6.45, 7) is 2.19. The van der Waals surface area contributed by atoms with Crippen LogP contribution in [0.4, 0.5) is 11.4 Å². The molecule has 1 aromatic heterocycles. The molecule has 0 aromatic carbocycles. The first-order valence-electron chi connectivity index (χ1n) is 5.03. The minimum absolute atomic E-state index is 0.642. The van der Waals surface area contributed by atoms with Crippen LogP contribution in [0.2, 0.25) is 0 Å². The number of nitrogens with one attached hydrogen (secondary N) is 1. The lowest BCUT2D eigenvalue weighted by Crippen LogP contribution is -2.43. The molecule has 2 atom stereocenters. The van der Waals surface area contributed by atoms with Crippen molar-refractivity contribution in [2.45, 2.75) is 18.5 Å². The largest absolute Gasteiger partial charge is 0.397 e. The molecule has 2 fully saturated rings. The van der Waals surface area contributed by atoms with Gasteiger partial charge in [-0.25, -0.2) is 0 Å². The zero-order valence-corrected chi connectivity index (χ0v) is 7.98. The first-order chi connectivity index (χ1) is 6.83. The Morgan fingerprint density at radius 2 is 2.43 bits per heavy atom. The highest BCUT2D eigenvalue weighted by Crippen LogP contribution is 2.29. The van der Waals surface area contributed by atoms with Crippen LogP contribution in [0.25, 0.3) is 0 Å². The van der Waals surface area contributed by atoms with Crippen LogP contribution in [0.1, 0.15) is 6.42 Å². The Bertz CT molecular complexity index is 352. The first-order valence-corrected chi connectivity index (χ1v) is 5.03. The molecule has 0 amide bonds. The second kappa shape index (κ2) is 2.85. The Labute approximate surface area is 83.1 Å². The Morgan fingerprint density at radius 1 is 1.50 bits per heavy atom. The normalized spacial score (nSPS) is 29.9. The van der Waals surface area contributed by atoms with E-state index in [1.807, 2.05) is 12.3 Å². The molecule has 2 aliphatic rings. The average Bonchev–Trinajstić information content (AvgIpc) is 2.78. The molecule has 3 rings (SSSR count). The number of anilines is 2. The van der Waals surface area contributed by atoms with Crippen LogP contribution in [-0.2, 0) is 0 Å². The average molecular weight is 190 g/mol. The molecule has 0 saturated carbocycles. The van der Waals surface area contributed by atoms with Crippen LogP contribution in [0.15, 0.2) is 18.5 Å². The third-order valence-electron chi connectivity index (χ3n) is 3.13. The van der Waals surface area contributed by atoms with E-state index in [1.54, 1.807) is 6.20 Å². The molecule has 3 N–H and O–H groups in total. The number of fused-ring (bicyclic) bond motifs is 2. The van der Waals surface area contributed by atoms with Crippen LogP contribution in [-0.4, -0.2) is 30.2 Å². The second-order valence-corrected chi connectivity index (χ2v) is 4.12. The van der Waals surface area contributed by atoms with Gasteiger partial charge in [-0.2, -0.15) is 0 Å². The number of nitrogens with two attached hydrogens (primary N) is 1.